The Morgan fingerprint density at radius 1 is 0.935 bits per heavy atom. The molecule has 6 aromatic heterocycles. The third-order valence-corrected chi connectivity index (χ3v) is 11.8. The molecule has 2 fully saturated rings. The molecule has 1 atom stereocenters. The van der Waals surface area contributed by atoms with Gasteiger partial charge in [0.15, 0.2) is 11.3 Å². The predicted molar refractivity (Wildman–Crippen MR) is 238 cm³/mol. The second-order valence-electron chi connectivity index (χ2n) is 16.0. The van der Waals surface area contributed by atoms with Crippen molar-refractivity contribution in [3.8, 4) is 0 Å². The lowest BCUT2D eigenvalue weighted by atomic mass is 9.88. The van der Waals surface area contributed by atoms with Crippen LogP contribution in [0.2, 0.25) is 0 Å². The van der Waals surface area contributed by atoms with Crippen LogP contribution in [-0.4, -0.2) is 109 Å². The number of ether oxygens (including phenoxy) is 2. The van der Waals surface area contributed by atoms with Gasteiger partial charge in [-0.25, -0.2) is 29.9 Å². The van der Waals surface area contributed by atoms with Crippen LogP contribution in [0.15, 0.2) is 85.5 Å². The van der Waals surface area contributed by atoms with Gasteiger partial charge in [0.2, 0.25) is 0 Å². The van der Waals surface area contributed by atoms with Gasteiger partial charge in [-0.2, -0.15) is 0 Å². The molecule has 316 valence electrons. The Morgan fingerprint density at radius 3 is 2.55 bits per heavy atom. The summed E-state index contributed by atoms with van der Waals surface area (Å²) in [5, 5.41) is 21.6. The smallest absolute Gasteiger partial charge is 0.255 e. The molecule has 0 spiro atoms. The first-order valence-corrected chi connectivity index (χ1v) is 20.9. The van der Waals surface area contributed by atoms with Gasteiger partial charge in [-0.15, -0.1) is 0 Å². The van der Waals surface area contributed by atoms with Gasteiger partial charge in [0, 0.05) is 62.6 Å². The largest absolute Gasteiger partial charge is 0.393 e. The van der Waals surface area contributed by atoms with Crippen LogP contribution in [0.1, 0.15) is 39.9 Å². The first kappa shape index (κ1) is 39.2. The van der Waals surface area contributed by atoms with Gasteiger partial charge in [0.05, 0.1) is 48.9 Å². The maximum atomic E-state index is 13.5. The van der Waals surface area contributed by atoms with Crippen LogP contribution in [0.5, 0.6) is 0 Å². The fraction of sp³-hybridized carbons (Fsp3) is 0.311. The number of anilines is 4. The number of benzene rings is 2. The Kier molecular flexibility index (Phi) is 10.6. The zero-order valence-electron chi connectivity index (χ0n) is 34.4. The Hall–Kier alpha value is -6.95. The van der Waals surface area contributed by atoms with Crippen molar-refractivity contribution in [3.63, 3.8) is 0 Å². The minimum atomic E-state index is -0.247. The standard InChI is InChI=1S/C45H47N13O4/c1-26-18-51-42-33(6-5-29(41(26)42)20-50-38-22-48-34-7-9-39(55-43(34)54-38)57(2)30-16-31(59)17-30)45(60)52-25-61-24-32-23-58(13-14-62-32)40-10-8-35-44(56-40)53-37(21-47-35)49-19-27-3-4-28-11-12-46-36(28)15-27/h3-12,15,18,21-22,30-32,46,51,59H,13-14,16-17,19-20,23-25H2,1-2H3,(H,52,60)(H,49,53,56)(H,50,54,55). The molecule has 0 radical (unpaired) electrons. The molecule has 10 rings (SSSR count). The van der Waals surface area contributed by atoms with Crippen molar-refractivity contribution in [1.29, 1.82) is 0 Å². The van der Waals surface area contributed by atoms with Crippen LogP contribution >= 0.6 is 0 Å². The van der Waals surface area contributed by atoms with Crippen LogP contribution in [0.3, 0.4) is 0 Å². The molecule has 1 saturated carbocycles. The number of morpholine rings is 1. The summed E-state index contributed by atoms with van der Waals surface area (Å²) in [6.07, 6.45) is 8.29. The van der Waals surface area contributed by atoms with Gasteiger partial charge >= 0.3 is 0 Å². The van der Waals surface area contributed by atoms with E-state index in [1.165, 1.54) is 5.39 Å². The summed E-state index contributed by atoms with van der Waals surface area (Å²) < 4.78 is 12.0. The lowest BCUT2D eigenvalue weighted by Gasteiger charge is -2.39. The van der Waals surface area contributed by atoms with Crippen molar-refractivity contribution in [1.82, 2.24) is 45.2 Å². The van der Waals surface area contributed by atoms with Crippen LogP contribution in [-0.2, 0) is 22.6 Å². The zero-order valence-corrected chi connectivity index (χ0v) is 34.4. The average molecular weight is 834 g/mol. The van der Waals surface area contributed by atoms with Crippen LogP contribution in [0, 0.1) is 6.92 Å². The number of carbonyl (C=O) groups excluding carboxylic acids is 1. The molecule has 1 saturated heterocycles. The number of amides is 1. The third kappa shape index (κ3) is 8.12. The van der Waals surface area contributed by atoms with E-state index in [0.717, 1.165) is 57.6 Å². The molecular formula is C45H47N13O4. The Bertz CT molecular complexity index is 2910. The zero-order chi connectivity index (χ0) is 42.2. The van der Waals surface area contributed by atoms with Gasteiger partial charge in [-0.3, -0.25) is 4.79 Å². The predicted octanol–water partition coefficient (Wildman–Crippen LogP) is 5.43. The highest BCUT2D eigenvalue weighted by Crippen LogP contribution is 2.30. The molecule has 1 unspecified atom stereocenters. The van der Waals surface area contributed by atoms with E-state index in [2.05, 4.69) is 70.0 Å². The van der Waals surface area contributed by atoms with Gasteiger partial charge in [-0.05, 0) is 84.3 Å². The number of aliphatic hydroxyl groups excluding tert-OH is 1. The molecule has 1 amide bonds. The number of aliphatic hydroxyl groups is 1. The second kappa shape index (κ2) is 16.8. The fourth-order valence-electron chi connectivity index (χ4n) is 8.23. The highest BCUT2D eigenvalue weighted by molar-refractivity contribution is 6.07. The first-order valence-electron chi connectivity index (χ1n) is 20.9. The summed E-state index contributed by atoms with van der Waals surface area (Å²) in [6, 6.07) is 20.2. The van der Waals surface area contributed by atoms with E-state index in [1.807, 2.05) is 62.8 Å². The van der Waals surface area contributed by atoms with Gasteiger partial charge < -0.3 is 50.3 Å². The van der Waals surface area contributed by atoms with Crippen LogP contribution in [0.4, 0.5) is 23.3 Å². The second-order valence-corrected chi connectivity index (χ2v) is 16.0. The topological polar surface area (TPSA) is 207 Å². The summed E-state index contributed by atoms with van der Waals surface area (Å²) in [5.74, 6) is 2.59. The number of rotatable bonds is 14. The maximum absolute atomic E-state index is 13.5. The van der Waals surface area contributed by atoms with Crippen molar-refractivity contribution in [2.24, 2.45) is 0 Å². The van der Waals surface area contributed by atoms with Gasteiger partial charge in [-0.1, -0.05) is 18.2 Å². The van der Waals surface area contributed by atoms with E-state index in [-0.39, 0.29) is 30.9 Å². The molecule has 17 nitrogen and oxygen atoms in total. The minimum Gasteiger partial charge on any atom is -0.393 e. The Morgan fingerprint density at radius 2 is 1.73 bits per heavy atom. The quantitative estimate of drug-likeness (QED) is 0.0598. The number of fused-ring (bicyclic) bond motifs is 4. The lowest BCUT2D eigenvalue weighted by molar-refractivity contribution is -0.0267. The number of hydrogen-bond donors (Lipinski definition) is 6. The van der Waals surface area contributed by atoms with Crippen molar-refractivity contribution in [2.75, 3.05) is 60.5 Å². The maximum Gasteiger partial charge on any atom is 0.255 e. The fourth-order valence-corrected chi connectivity index (χ4v) is 8.23. The number of H-pyrrole nitrogens is 2. The number of carbonyl (C=O) groups is 1. The first-order chi connectivity index (χ1) is 30.3. The van der Waals surface area contributed by atoms with Gasteiger partial charge in [0.25, 0.3) is 5.91 Å². The summed E-state index contributed by atoms with van der Waals surface area (Å²) >= 11 is 0. The highest BCUT2D eigenvalue weighted by Gasteiger charge is 2.31. The molecule has 62 heavy (non-hydrogen) atoms. The monoisotopic (exact) mass is 833 g/mol. The van der Waals surface area contributed by atoms with E-state index in [4.69, 9.17) is 29.4 Å². The summed E-state index contributed by atoms with van der Waals surface area (Å²) in [5.41, 5.74) is 8.04. The number of aromatic nitrogens is 8. The van der Waals surface area contributed by atoms with Crippen LogP contribution in [0.25, 0.3) is 44.1 Å². The lowest BCUT2D eigenvalue weighted by Crippen LogP contribution is -2.45. The third-order valence-electron chi connectivity index (χ3n) is 11.8. The van der Waals surface area contributed by atoms with E-state index in [1.54, 1.807) is 12.4 Å². The Labute approximate surface area is 356 Å². The molecule has 2 aromatic carbocycles. The number of aryl methyl sites for hydroxylation is 1. The summed E-state index contributed by atoms with van der Waals surface area (Å²) in [6.45, 7) is 5.17. The number of aromatic amines is 2. The van der Waals surface area contributed by atoms with E-state index < -0.39 is 0 Å². The molecular weight excluding hydrogens is 787 g/mol. The summed E-state index contributed by atoms with van der Waals surface area (Å²) in [7, 11) is 1.99. The molecule has 1 aliphatic heterocycles. The molecule has 6 N–H and O–H groups in total. The average Bonchev–Trinajstić information content (AvgIpc) is 3.93. The number of hydrogen-bond acceptors (Lipinski definition) is 14. The number of pyridine rings is 2. The van der Waals surface area contributed by atoms with Crippen molar-refractivity contribution in [3.05, 3.63) is 108 Å². The normalized spacial score (nSPS) is 17.7. The molecule has 17 heteroatoms. The molecule has 1 aliphatic carbocycles. The van der Waals surface area contributed by atoms with Crippen molar-refractivity contribution < 1.29 is 19.4 Å². The van der Waals surface area contributed by atoms with Gasteiger partial charge in [0.1, 0.15) is 41.0 Å². The summed E-state index contributed by atoms with van der Waals surface area (Å²) in [4.78, 5) is 52.5. The highest BCUT2D eigenvalue weighted by atomic mass is 16.5. The SMILES string of the molecule is Cc1c[nH]c2c(C(=O)NCOCC3CN(c4ccc5ncc(NCc6ccc7cc[nH]c7c6)nc5n4)CCO3)ccc(CNc3cnc4ccc(N(C)C5CC(O)C5)nc4n3)c12. The minimum absolute atomic E-state index is 0.0242. The van der Waals surface area contributed by atoms with Crippen molar-refractivity contribution >= 4 is 73.3 Å². The van der Waals surface area contributed by atoms with E-state index in [9.17, 15) is 9.90 Å². The van der Waals surface area contributed by atoms with E-state index in [0.29, 0.717) is 78.9 Å². The van der Waals surface area contributed by atoms with Crippen molar-refractivity contribution in [2.45, 2.75) is 51.1 Å². The van der Waals surface area contributed by atoms with E-state index >= 15 is 0 Å². The Balaban J connectivity index is 0.725. The molecule has 2 aliphatic rings. The molecule has 7 heterocycles. The number of nitrogens with zero attached hydrogens (tertiary/aromatic N) is 8. The number of nitrogens with one attached hydrogen (secondary N) is 5. The van der Waals surface area contributed by atoms with Crippen LogP contribution < -0.4 is 25.8 Å². The molecule has 8 aromatic rings. The molecule has 0 bridgehead atoms.